The Bertz CT molecular complexity index is 509. The highest BCUT2D eigenvalue weighted by atomic mass is 16.4. The van der Waals surface area contributed by atoms with Crippen molar-refractivity contribution in [1.29, 1.82) is 0 Å². The minimum absolute atomic E-state index is 0.436. The van der Waals surface area contributed by atoms with E-state index in [9.17, 15) is 0 Å². The van der Waals surface area contributed by atoms with Gasteiger partial charge in [-0.15, -0.1) is 5.10 Å². The Morgan fingerprint density at radius 1 is 1.19 bits per heavy atom. The molecule has 0 unspecified atom stereocenters. The summed E-state index contributed by atoms with van der Waals surface area (Å²) in [5.41, 5.74) is 2.87. The van der Waals surface area contributed by atoms with Gasteiger partial charge < -0.3 is 5.21 Å². The summed E-state index contributed by atoms with van der Waals surface area (Å²) in [7, 11) is 0. The molecule has 0 saturated heterocycles. The van der Waals surface area contributed by atoms with E-state index >= 15 is 0 Å². The van der Waals surface area contributed by atoms with Crippen molar-refractivity contribution in [2.24, 2.45) is 5.16 Å². The van der Waals surface area contributed by atoms with Crippen molar-refractivity contribution in [2.75, 3.05) is 0 Å². The molecule has 4 nitrogen and oxygen atoms in total. The lowest BCUT2D eigenvalue weighted by molar-refractivity contribution is 0.319. The fraction of sp³-hybridized carbons (Fsp3) is 0.0833. The highest BCUT2D eigenvalue weighted by Crippen LogP contribution is 2.12. The molecule has 0 amide bonds. The number of oxime groups is 1. The first-order valence-electron chi connectivity index (χ1n) is 4.89. The van der Waals surface area contributed by atoms with Gasteiger partial charge in [0.1, 0.15) is 11.4 Å². The topological polar surface area (TPSA) is 58.4 Å². The Labute approximate surface area is 93.3 Å². The van der Waals surface area contributed by atoms with Crippen LogP contribution in [0.2, 0.25) is 0 Å². The molecule has 0 bridgehead atoms. The molecule has 0 spiro atoms. The van der Waals surface area contributed by atoms with Crippen molar-refractivity contribution < 1.29 is 5.21 Å². The zero-order chi connectivity index (χ0) is 11.4. The molecule has 1 aromatic carbocycles. The molecule has 0 radical (unpaired) electrons. The maximum absolute atomic E-state index is 9.08. The van der Waals surface area contributed by atoms with Crippen LogP contribution in [-0.4, -0.2) is 21.1 Å². The largest absolute Gasteiger partial charge is 0.410 e. The summed E-state index contributed by atoms with van der Waals surface area (Å²) in [4.78, 5) is 0. The maximum atomic E-state index is 9.08. The molecule has 4 heteroatoms. The van der Waals surface area contributed by atoms with Crippen molar-refractivity contribution in [3.8, 4) is 0 Å². The van der Waals surface area contributed by atoms with Gasteiger partial charge in [0.15, 0.2) is 0 Å². The van der Waals surface area contributed by atoms with Gasteiger partial charge in [0.2, 0.25) is 0 Å². The molecule has 2 rings (SSSR count). The van der Waals surface area contributed by atoms with E-state index in [0.717, 1.165) is 11.1 Å². The third-order valence-electron chi connectivity index (χ3n) is 2.32. The number of hydrogen-bond donors (Lipinski definition) is 1. The standard InChI is InChI=1S/C12H11N3O/c1-9-5-2-3-6-10(9)12(15-16)11-7-4-8-13-14-11/h2-8,16H,1H3. The van der Waals surface area contributed by atoms with Gasteiger partial charge in [-0.05, 0) is 24.6 Å². The van der Waals surface area contributed by atoms with E-state index in [1.165, 1.54) is 0 Å². The third-order valence-corrected chi connectivity index (χ3v) is 2.32. The summed E-state index contributed by atoms with van der Waals surface area (Å²) in [5.74, 6) is 0. The Kier molecular flexibility index (Phi) is 2.91. The monoisotopic (exact) mass is 213 g/mol. The average Bonchev–Trinajstić information content (AvgIpc) is 2.34. The molecule has 16 heavy (non-hydrogen) atoms. The summed E-state index contributed by atoms with van der Waals surface area (Å²) in [5, 5.41) is 20.1. The molecule has 1 aromatic heterocycles. The van der Waals surface area contributed by atoms with Gasteiger partial charge >= 0.3 is 0 Å². The quantitative estimate of drug-likeness (QED) is 0.471. The van der Waals surface area contributed by atoms with Crippen LogP contribution >= 0.6 is 0 Å². The molecule has 0 saturated carbocycles. The smallest absolute Gasteiger partial charge is 0.137 e. The number of nitrogens with zero attached hydrogens (tertiary/aromatic N) is 3. The Balaban J connectivity index is 2.51. The molecule has 0 atom stereocenters. The first-order chi connectivity index (χ1) is 7.83. The second-order valence-electron chi connectivity index (χ2n) is 3.37. The predicted octanol–water partition coefficient (Wildman–Crippen LogP) is 2.01. The molecule has 0 aliphatic carbocycles. The Morgan fingerprint density at radius 3 is 2.62 bits per heavy atom. The normalized spacial score (nSPS) is 11.4. The highest BCUT2D eigenvalue weighted by molar-refractivity contribution is 6.12. The zero-order valence-corrected chi connectivity index (χ0v) is 8.83. The van der Waals surface area contributed by atoms with E-state index in [4.69, 9.17) is 5.21 Å². The van der Waals surface area contributed by atoms with Crippen molar-refractivity contribution in [2.45, 2.75) is 6.92 Å². The van der Waals surface area contributed by atoms with Crippen LogP contribution < -0.4 is 0 Å². The molecule has 1 heterocycles. The second kappa shape index (κ2) is 4.53. The number of benzene rings is 1. The summed E-state index contributed by atoms with van der Waals surface area (Å²) >= 11 is 0. The van der Waals surface area contributed by atoms with Gasteiger partial charge in [0.05, 0.1) is 0 Å². The summed E-state index contributed by atoms with van der Waals surface area (Å²) in [6.07, 6.45) is 1.58. The van der Waals surface area contributed by atoms with E-state index in [1.807, 2.05) is 31.2 Å². The first-order valence-corrected chi connectivity index (χ1v) is 4.89. The SMILES string of the molecule is Cc1ccccc1C(=NO)c1cccnn1. The number of hydrogen-bond acceptors (Lipinski definition) is 4. The van der Waals surface area contributed by atoms with Crippen LogP contribution in [0.3, 0.4) is 0 Å². The van der Waals surface area contributed by atoms with Gasteiger partial charge in [0, 0.05) is 11.8 Å². The van der Waals surface area contributed by atoms with Crippen LogP contribution in [0.15, 0.2) is 47.8 Å². The van der Waals surface area contributed by atoms with Gasteiger partial charge in [0.25, 0.3) is 0 Å². The summed E-state index contributed by atoms with van der Waals surface area (Å²) < 4.78 is 0. The van der Waals surface area contributed by atoms with Crippen LogP contribution in [-0.2, 0) is 0 Å². The Morgan fingerprint density at radius 2 is 2.00 bits per heavy atom. The molecule has 0 aliphatic rings. The van der Waals surface area contributed by atoms with Gasteiger partial charge in [-0.3, -0.25) is 0 Å². The maximum Gasteiger partial charge on any atom is 0.137 e. The highest BCUT2D eigenvalue weighted by Gasteiger charge is 2.10. The van der Waals surface area contributed by atoms with Crippen molar-refractivity contribution >= 4 is 5.71 Å². The third kappa shape index (κ3) is 1.91. The average molecular weight is 213 g/mol. The van der Waals surface area contributed by atoms with E-state index < -0.39 is 0 Å². The van der Waals surface area contributed by atoms with E-state index in [1.54, 1.807) is 18.3 Å². The molecular formula is C12H11N3O. The van der Waals surface area contributed by atoms with E-state index in [-0.39, 0.29) is 0 Å². The summed E-state index contributed by atoms with van der Waals surface area (Å²) in [6.45, 7) is 1.96. The lowest BCUT2D eigenvalue weighted by atomic mass is 10.0. The number of aryl methyl sites for hydroxylation is 1. The van der Waals surface area contributed by atoms with Gasteiger partial charge in [-0.25, -0.2) is 0 Å². The molecule has 0 fully saturated rings. The molecule has 80 valence electrons. The molecule has 1 N–H and O–H groups in total. The van der Waals surface area contributed by atoms with Crippen molar-refractivity contribution in [3.63, 3.8) is 0 Å². The molecule has 0 aliphatic heterocycles. The first kappa shape index (κ1) is 10.3. The predicted molar refractivity (Wildman–Crippen MR) is 60.6 cm³/mol. The molecule has 2 aromatic rings. The van der Waals surface area contributed by atoms with Crippen LogP contribution in [0.25, 0.3) is 0 Å². The van der Waals surface area contributed by atoms with E-state index in [0.29, 0.717) is 11.4 Å². The van der Waals surface area contributed by atoms with E-state index in [2.05, 4.69) is 15.4 Å². The fourth-order valence-electron chi connectivity index (χ4n) is 1.51. The van der Waals surface area contributed by atoms with Crippen LogP contribution in [0, 0.1) is 6.92 Å². The fourth-order valence-corrected chi connectivity index (χ4v) is 1.51. The second-order valence-corrected chi connectivity index (χ2v) is 3.37. The minimum atomic E-state index is 0.436. The zero-order valence-electron chi connectivity index (χ0n) is 8.83. The van der Waals surface area contributed by atoms with Crippen LogP contribution in [0.4, 0.5) is 0 Å². The van der Waals surface area contributed by atoms with Crippen LogP contribution in [0.1, 0.15) is 16.8 Å². The van der Waals surface area contributed by atoms with Crippen molar-refractivity contribution in [3.05, 3.63) is 59.4 Å². The van der Waals surface area contributed by atoms with Gasteiger partial charge in [-0.1, -0.05) is 29.4 Å². The van der Waals surface area contributed by atoms with Gasteiger partial charge in [-0.2, -0.15) is 5.10 Å². The molecular weight excluding hydrogens is 202 g/mol. The number of rotatable bonds is 2. The van der Waals surface area contributed by atoms with Crippen molar-refractivity contribution in [1.82, 2.24) is 10.2 Å². The lowest BCUT2D eigenvalue weighted by Crippen LogP contribution is -2.08. The van der Waals surface area contributed by atoms with Crippen LogP contribution in [0.5, 0.6) is 0 Å². The minimum Gasteiger partial charge on any atom is -0.410 e. The summed E-state index contributed by atoms with van der Waals surface area (Å²) in [6, 6.07) is 11.2. The number of aromatic nitrogens is 2. The Hall–Kier alpha value is -2.23. The lowest BCUT2D eigenvalue weighted by Gasteiger charge is -2.05.